The highest BCUT2D eigenvalue weighted by atomic mass is 16.5. The fourth-order valence-corrected chi connectivity index (χ4v) is 9.34. The molecule has 7 aromatic rings. The Morgan fingerprint density at radius 3 is 2.12 bits per heavy atom. The summed E-state index contributed by atoms with van der Waals surface area (Å²) in [6.45, 7) is 0. The summed E-state index contributed by atoms with van der Waals surface area (Å²) in [6, 6.07) is 50.4. The van der Waals surface area contributed by atoms with Crippen molar-refractivity contribution in [3.05, 3.63) is 195 Å². The molecule has 1 unspecified atom stereocenters. The Hall–Kier alpha value is -6.32. The SMILES string of the molecule is C1=Cc2ccccc2C(c2nc(-c3cccc(-c4cccc5c4Oc4ccccc4C54c5ccccc5-c5ccccc54)c3)nc3c2=CCCC=3)C1. The first-order valence-corrected chi connectivity index (χ1v) is 18.3. The Kier molecular flexibility index (Phi) is 6.42. The summed E-state index contributed by atoms with van der Waals surface area (Å²) >= 11 is 0. The summed E-state index contributed by atoms with van der Waals surface area (Å²) in [5.41, 5.74) is 13.8. The van der Waals surface area contributed by atoms with Crippen LogP contribution in [0.4, 0.5) is 0 Å². The summed E-state index contributed by atoms with van der Waals surface area (Å²) in [6.07, 6.45) is 12.1. The highest BCUT2D eigenvalue weighted by Crippen LogP contribution is 2.63. The molecule has 0 N–H and O–H groups in total. The summed E-state index contributed by atoms with van der Waals surface area (Å²) in [5.74, 6) is 2.73. The molecule has 0 bridgehead atoms. The van der Waals surface area contributed by atoms with Crippen LogP contribution in [0.15, 0.2) is 146 Å². The number of nitrogens with zero attached hydrogens (tertiary/aromatic N) is 2. The van der Waals surface area contributed by atoms with Gasteiger partial charge in [0.15, 0.2) is 5.82 Å². The number of benzene rings is 6. The predicted molar refractivity (Wildman–Crippen MR) is 210 cm³/mol. The van der Waals surface area contributed by atoms with Gasteiger partial charge < -0.3 is 4.74 Å². The van der Waals surface area contributed by atoms with Crippen LogP contribution < -0.4 is 15.3 Å². The highest BCUT2D eigenvalue weighted by Gasteiger charge is 2.51. The summed E-state index contributed by atoms with van der Waals surface area (Å²) in [7, 11) is 0. The molecule has 11 rings (SSSR count). The average molecular weight is 667 g/mol. The normalized spacial score (nSPS) is 16.6. The van der Waals surface area contributed by atoms with E-state index in [1.807, 2.05) is 0 Å². The monoisotopic (exact) mass is 666 g/mol. The molecule has 0 saturated carbocycles. The molecule has 1 aliphatic heterocycles. The van der Waals surface area contributed by atoms with Crippen LogP contribution in [0.2, 0.25) is 0 Å². The molecule has 0 saturated heterocycles. The van der Waals surface area contributed by atoms with Crippen LogP contribution in [0.3, 0.4) is 0 Å². The third-order valence-electron chi connectivity index (χ3n) is 11.5. The lowest BCUT2D eigenvalue weighted by Gasteiger charge is -2.40. The van der Waals surface area contributed by atoms with Gasteiger partial charge in [0, 0.05) is 33.4 Å². The quantitative estimate of drug-likeness (QED) is 0.188. The topological polar surface area (TPSA) is 35.0 Å². The number of hydrogen-bond acceptors (Lipinski definition) is 3. The minimum absolute atomic E-state index is 0.186. The number of para-hydroxylation sites is 2. The van der Waals surface area contributed by atoms with Crippen molar-refractivity contribution in [1.82, 2.24) is 9.97 Å². The molecule has 6 aromatic carbocycles. The Labute approximate surface area is 303 Å². The minimum Gasteiger partial charge on any atom is -0.456 e. The fraction of sp³-hybridized carbons (Fsp3) is 0.102. The second-order valence-corrected chi connectivity index (χ2v) is 14.2. The van der Waals surface area contributed by atoms with Crippen molar-refractivity contribution in [3.8, 4) is 45.1 Å². The Morgan fingerprint density at radius 2 is 1.25 bits per heavy atom. The molecule has 0 amide bonds. The average Bonchev–Trinajstić information content (AvgIpc) is 3.51. The van der Waals surface area contributed by atoms with Gasteiger partial charge in [0.1, 0.15) is 11.5 Å². The van der Waals surface area contributed by atoms with Crippen molar-refractivity contribution >= 4 is 18.2 Å². The third kappa shape index (κ3) is 4.14. The molecule has 3 aliphatic carbocycles. The van der Waals surface area contributed by atoms with Gasteiger partial charge in [-0.25, -0.2) is 9.97 Å². The number of rotatable bonds is 3. The first-order valence-electron chi connectivity index (χ1n) is 18.3. The van der Waals surface area contributed by atoms with E-state index >= 15 is 0 Å². The van der Waals surface area contributed by atoms with Crippen molar-refractivity contribution in [2.45, 2.75) is 30.6 Å². The standard InChI is InChI=1S/C49H34N2O/c1-2-18-34-31(14-1)15-12-23-38(34)46-39-21-5-9-28-44(39)50-48(51-46)33-17-11-16-32(30-33)35-22-13-27-43-47(35)52-45-29-10-8-26-42(45)49(43)40-24-6-3-19-36(40)37-20-4-7-25-41(37)49/h1-4,6-8,10-22,24-30,38H,5,9,23H2. The van der Waals surface area contributed by atoms with Gasteiger partial charge >= 0.3 is 0 Å². The van der Waals surface area contributed by atoms with E-state index in [-0.39, 0.29) is 5.92 Å². The maximum Gasteiger partial charge on any atom is 0.160 e. The Balaban J connectivity index is 1.10. The number of hydrogen-bond donors (Lipinski definition) is 0. The van der Waals surface area contributed by atoms with Crippen molar-refractivity contribution in [3.63, 3.8) is 0 Å². The van der Waals surface area contributed by atoms with E-state index in [0.29, 0.717) is 0 Å². The number of aromatic nitrogens is 2. The van der Waals surface area contributed by atoms with E-state index < -0.39 is 5.41 Å². The van der Waals surface area contributed by atoms with Crippen LogP contribution in [0, 0.1) is 0 Å². The molecule has 3 heteroatoms. The van der Waals surface area contributed by atoms with E-state index in [0.717, 1.165) is 69.9 Å². The van der Waals surface area contributed by atoms with E-state index in [1.54, 1.807) is 0 Å². The largest absolute Gasteiger partial charge is 0.456 e. The summed E-state index contributed by atoms with van der Waals surface area (Å²) in [5, 5.41) is 2.23. The van der Waals surface area contributed by atoms with Crippen LogP contribution in [-0.2, 0) is 5.41 Å². The zero-order valence-electron chi connectivity index (χ0n) is 28.6. The predicted octanol–water partition coefficient (Wildman–Crippen LogP) is 10.2. The molecule has 1 aromatic heterocycles. The molecular formula is C49H34N2O. The first-order chi connectivity index (χ1) is 25.8. The maximum absolute atomic E-state index is 6.98. The molecule has 2 heterocycles. The Morgan fingerprint density at radius 1 is 0.577 bits per heavy atom. The summed E-state index contributed by atoms with van der Waals surface area (Å²) in [4.78, 5) is 10.6. The van der Waals surface area contributed by atoms with Gasteiger partial charge in [0.25, 0.3) is 0 Å². The van der Waals surface area contributed by atoms with E-state index in [9.17, 15) is 0 Å². The van der Waals surface area contributed by atoms with Gasteiger partial charge in [0.05, 0.1) is 16.5 Å². The summed E-state index contributed by atoms with van der Waals surface area (Å²) < 4.78 is 6.98. The van der Waals surface area contributed by atoms with Crippen LogP contribution in [-0.4, -0.2) is 9.97 Å². The van der Waals surface area contributed by atoms with Crippen molar-refractivity contribution in [1.29, 1.82) is 0 Å². The zero-order valence-corrected chi connectivity index (χ0v) is 28.6. The number of fused-ring (bicyclic) bond motifs is 11. The molecule has 1 spiro atoms. The van der Waals surface area contributed by atoms with E-state index in [1.165, 1.54) is 44.2 Å². The number of allylic oxidation sites excluding steroid dienone is 1. The lowest BCUT2D eigenvalue weighted by Crippen LogP contribution is -2.37. The smallest absolute Gasteiger partial charge is 0.160 e. The van der Waals surface area contributed by atoms with Crippen molar-refractivity contribution in [2.75, 3.05) is 0 Å². The number of ether oxygens (including phenoxy) is 1. The highest BCUT2D eigenvalue weighted by molar-refractivity contribution is 5.90. The lowest BCUT2D eigenvalue weighted by molar-refractivity contribution is 0.438. The second kappa shape index (κ2) is 11.3. The van der Waals surface area contributed by atoms with Crippen LogP contribution >= 0.6 is 0 Å². The van der Waals surface area contributed by atoms with Gasteiger partial charge in [-0.15, -0.1) is 0 Å². The lowest BCUT2D eigenvalue weighted by atomic mass is 9.65. The molecule has 1 atom stereocenters. The first kappa shape index (κ1) is 29.4. The van der Waals surface area contributed by atoms with Crippen molar-refractivity contribution < 1.29 is 4.74 Å². The van der Waals surface area contributed by atoms with Crippen molar-refractivity contribution in [2.24, 2.45) is 0 Å². The molecule has 4 aliphatic rings. The van der Waals surface area contributed by atoms with Crippen LogP contribution in [0.25, 0.3) is 51.9 Å². The van der Waals surface area contributed by atoms with Crippen LogP contribution in [0.1, 0.15) is 64.3 Å². The maximum atomic E-state index is 6.98. The molecule has 0 fully saturated rings. The van der Waals surface area contributed by atoms with E-state index in [2.05, 4.69) is 164 Å². The zero-order chi connectivity index (χ0) is 34.2. The molecule has 246 valence electrons. The molecule has 52 heavy (non-hydrogen) atoms. The molecule has 0 radical (unpaired) electrons. The second-order valence-electron chi connectivity index (χ2n) is 14.2. The molecule has 3 nitrogen and oxygen atoms in total. The van der Waals surface area contributed by atoms with E-state index in [4.69, 9.17) is 14.7 Å². The Bertz CT molecular complexity index is 2730. The van der Waals surface area contributed by atoms with Crippen LogP contribution in [0.5, 0.6) is 11.5 Å². The van der Waals surface area contributed by atoms with Gasteiger partial charge in [-0.2, -0.15) is 0 Å². The van der Waals surface area contributed by atoms with Gasteiger partial charge in [0.2, 0.25) is 0 Å². The molecular weight excluding hydrogens is 633 g/mol. The minimum atomic E-state index is -0.501. The van der Waals surface area contributed by atoms with Gasteiger partial charge in [-0.05, 0) is 70.3 Å². The third-order valence-corrected chi connectivity index (χ3v) is 11.5. The van der Waals surface area contributed by atoms with Gasteiger partial charge in [-0.3, -0.25) is 0 Å². The van der Waals surface area contributed by atoms with Gasteiger partial charge in [-0.1, -0.05) is 152 Å². The fourth-order valence-electron chi connectivity index (χ4n) is 9.34.